The minimum Gasteiger partial charge on any atom is -0.153 e. The van der Waals surface area contributed by atoms with Crippen molar-refractivity contribution in [2.45, 2.75) is 128 Å². The van der Waals surface area contributed by atoms with Crippen molar-refractivity contribution < 1.29 is 0 Å². The summed E-state index contributed by atoms with van der Waals surface area (Å²) in [6.45, 7) is 4.40. The van der Waals surface area contributed by atoms with Crippen molar-refractivity contribution >= 4 is 21.5 Å². The zero-order chi connectivity index (χ0) is 15.6. The molecule has 0 radical (unpaired) electrons. The van der Waals surface area contributed by atoms with Crippen LogP contribution in [-0.2, 0) is 0 Å². The number of halogens is 1. The van der Waals surface area contributed by atoms with Gasteiger partial charge < -0.3 is 0 Å². The van der Waals surface area contributed by atoms with Gasteiger partial charge in [0.2, 0.25) is 0 Å². The molecular weight excluding hydrogens is 307 g/mol. The first-order chi connectivity index (χ1) is 10.3. The predicted molar refractivity (Wildman–Crippen MR) is 111 cm³/mol. The molecule has 0 fully saturated rings. The summed E-state index contributed by atoms with van der Waals surface area (Å²) in [5, 5.41) is 0.372. The Hall–Kier alpha value is 0.720. The topological polar surface area (TPSA) is 0 Å². The lowest BCUT2D eigenvalue weighted by Gasteiger charge is -2.04. The van der Waals surface area contributed by atoms with E-state index in [1.807, 2.05) is 0 Å². The second-order valence-corrected chi connectivity index (χ2v) is 7.62. The zero-order valence-corrected chi connectivity index (χ0v) is 17.9. The Morgan fingerprint density at radius 1 is 0.545 bits per heavy atom. The van der Waals surface area contributed by atoms with Crippen molar-refractivity contribution in [3.05, 3.63) is 0 Å². The third-order valence-electron chi connectivity index (χ3n) is 4.46. The largest absolute Gasteiger partial charge is 0.153 e. The first kappa shape index (κ1) is 25.0. The van der Waals surface area contributed by atoms with Crippen LogP contribution in [-0.4, -0.2) is 5.38 Å². The van der Waals surface area contributed by atoms with Gasteiger partial charge in [0, 0.05) is 5.38 Å². The second-order valence-electron chi connectivity index (χ2n) is 6.87. The summed E-state index contributed by atoms with van der Waals surface area (Å²) in [6.07, 6.45) is 24.2. The van der Waals surface area contributed by atoms with Crippen LogP contribution in [0.1, 0.15) is 123 Å². The summed E-state index contributed by atoms with van der Waals surface area (Å²) in [7, 11) is 0. The normalized spacial score (nSPS) is 12.1. The van der Waals surface area contributed by atoms with Crippen molar-refractivity contribution in [3.8, 4) is 0 Å². The molecule has 0 aromatic carbocycles. The van der Waals surface area contributed by atoms with Crippen LogP contribution in [0.3, 0.4) is 0 Å². The highest BCUT2D eigenvalue weighted by Gasteiger charge is 1.96. The van der Waals surface area contributed by atoms with Crippen molar-refractivity contribution in [3.63, 3.8) is 0 Å². The van der Waals surface area contributed by atoms with Crippen molar-refractivity contribution in [1.29, 1.82) is 0 Å². The van der Waals surface area contributed by atoms with Crippen molar-refractivity contribution in [2.24, 2.45) is 0 Å². The molecule has 0 N–H and O–H groups in total. The van der Waals surface area contributed by atoms with E-state index in [9.17, 15) is 0 Å². The highest BCUT2D eigenvalue weighted by atomic mass is 35.5. The van der Waals surface area contributed by atoms with E-state index in [2.05, 4.69) is 13.8 Å². The molecule has 0 amide bonds. The molecule has 0 nitrogen and oxygen atoms in total. The van der Waals surface area contributed by atoms with Gasteiger partial charge in [-0.3, -0.25) is 0 Å². The highest BCUT2D eigenvalue weighted by Crippen LogP contribution is 2.14. The Bertz CT molecular complexity index is 183. The zero-order valence-electron chi connectivity index (χ0n) is 15.7. The van der Waals surface area contributed by atoms with Crippen LogP contribution in [0.25, 0.3) is 0 Å². The van der Waals surface area contributed by atoms with Crippen LogP contribution in [0.15, 0.2) is 0 Å². The van der Waals surface area contributed by atoms with E-state index in [1.165, 1.54) is 109 Å². The van der Waals surface area contributed by atoms with Crippen LogP contribution in [0.4, 0.5) is 0 Å². The SMILES string of the molecule is CCCCCCCCCCCCCCCCCCC(C)Cl.P. The van der Waals surface area contributed by atoms with E-state index in [1.54, 1.807) is 0 Å². The molecule has 0 aliphatic rings. The van der Waals surface area contributed by atoms with E-state index < -0.39 is 0 Å². The Balaban J connectivity index is 0. The molecule has 2 heteroatoms. The molecule has 0 spiro atoms. The summed E-state index contributed by atoms with van der Waals surface area (Å²) in [5.74, 6) is 0. The lowest BCUT2D eigenvalue weighted by atomic mass is 10.0. The quantitative estimate of drug-likeness (QED) is 0.140. The summed E-state index contributed by atoms with van der Waals surface area (Å²) >= 11 is 5.94. The van der Waals surface area contributed by atoms with Gasteiger partial charge in [0.1, 0.15) is 0 Å². The molecule has 136 valence electrons. The summed E-state index contributed by atoms with van der Waals surface area (Å²) in [5.41, 5.74) is 0. The van der Waals surface area contributed by atoms with Crippen LogP contribution in [0, 0.1) is 0 Å². The molecule has 0 heterocycles. The lowest BCUT2D eigenvalue weighted by Crippen LogP contribution is -1.90. The average molecular weight is 351 g/mol. The second kappa shape index (κ2) is 21.7. The molecular formula is C20H44ClP. The summed E-state index contributed by atoms with van der Waals surface area (Å²) < 4.78 is 0. The minimum atomic E-state index is 0. The fourth-order valence-corrected chi connectivity index (χ4v) is 3.13. The standard InChI is InChI=1S/C20H41Cl.H3P/c1-3-4-5-6-7-8-9-10-11-12-13-14-15-16-17-18-19-20(2)21;/h20H,3-19H2,1-2H3;1H3. The third kappa shape index (κ3) is 23.0. The Labute approximate surface area is 150 Å². The van der Waals surface area contributed by atoms with E-state index in [0.29, 0.717) is 5.38 Å². The summed E-state index contributed by atoms with van der Waals surface area (Å²) in [6, 6.07) is 0. The van der Waals surface area contributed by atoms with Crippen LogP contribution in [0.5, 0.6) is 0 Å². The monoisotopic (exact) mass is 350 g/mol. The Kier molecular flexibility index (Phi) is 24.6. The van der Waals surface area contributed by atoms with Gasteiger partial charge in [0.15, 0.2) is 0 Å². The maximum Gasteiger partial charge on any atom is 0.0307 e. The number of unbranched alkanes of at least 4 members (excludes halogenated alkanes) is 15. The minimum absolute atomic E-state index is 0. The van der Waals surface area contributed by atoms with Crippen LogP contribution < -0.4 is 0 Å². The molecule has 0 saturated heterocycles. The summed E-state index contributed by atoms with van der Waals surface area (Å²) in [4.78, 5) is 0. The average Bonchev–Trinajstić information content (AvgIpc) is 2.46. The Morgan fingerprint density at radius 2 is 0.818 bits per heavy atom. The Morgan fingerprint density at radius 3 is 1.09 bits per heavy atom. The predicted octanol–water partition coefficient (Wildman–Crippen LogP) is 8.32. The lowest BCUT2D eigenvalue weighted by molar-refractivity contribution is 0.527. The molecule has 0 aliphatic carbocycles. The highest BCUT2D eigenvalue weighted by molar-refractivity contribution is 6.92. The molecule has 0 bridgehead atoms. The van der Waals surface area contributed by atoms with Gasteiger partial charge in [-0.2, -0.15) is 9.90 Å². The molecule has 0 aliphatic heterocycles. The van der Waals surface area contributed by atoms with Crippen molar-refractivity contribution in [2.75, 3.05) is 0 Å². The number of alkyl halides is 1. The number of hydrogen-bond acceptors (Lipinski definition) is 0. The van der Waals surface area contributed by atoms with Gasteiger partial charge >= 0.3 is 0 Å². The first-order valence-electron chi connectivity index (χ1n) is 9.91. The maximum absolute atomic E-state index is 5.94. The van der Waals surface area contributed by atoms with Crippen LogP contribution >= 0.6 is 21.5 Å². The first-order valence-corrected chi connectivity index (χ1v) is 10.3. The molecule has 0 aromatic rings. The van der Waals surface area contributed by atoms with E-state index in [4.69, 9.17) is 11.6 Å². The van der Waals surface area contributed by atoms with Gasteiger partial charge in [-0.15, -0.1) is 11.6 Å². The van der Waals surface area contributed by atoms with Gasteiger partial charge in [-0.1, -0.05) is 110 Å². The van der Waals surface area contributed by atoms with Crippen molar-refractivity contribution in [1.82, 2.24) is 0 Å². The third-order valence-corrected chi connectivity index (χ3v) is 4.67. The van der Waals surface area contributed by atoms with Gasteiger partial charge in [0.05, 0.1) is 0 Å². The molecule has 0 aromatic heterocycles. The number of hydrogen-bond donors (Lipinski definition) is 0. The molecule has 22 heavy (non-hydrogen) atoms. The van der Waals surface area contributed by atoms with Gasteiger partial charge in [-0.05, 0) is 13.3 Å². The molecule has 0 rings (SSSR count). The van der Waals surface area contributed by atoms with Gasteiger partial charge in [0.25, 0.3) is 0 Å². The smallest absolute Gasteiger partial charge is 0.0307 e. The fraction of sp³-hybridized carbons (Fsp3) is 1.00. The van der Waals surface area contributed by atoms with E-state index in [-0.39, 0.29) is 9.90 Å². The van der Waals surface area contributed by atoms with Gasteiger partial charge in [-0.25, -0.2) is 0 Å². The fourth-order valence-electron chi connectivity index (χ4n) is 2.97. The van der Waals surface area contributed by atoms with E-state index in [0.717, 1.165) is 0 Å². The molecule has 0 saturated carbocycles. The molecule has 2 unspecified atom stereocenters. The van der Waals surface area contributed by atoms with Crippen LogP contribution in [0.2, 0.25) is 0 Å². The molecule has 2 atom stereocenters. The maximum atomic E-state index is 5.94. The van der Waals surface area contributed by atoms with E-state index >= 15 is 0 Å². The number of rotatable bonds is 17.